The lowest BCUT2D eigenvalue weighted by atomic mass is 10.2. The number of piperazine rings is 1. The monoisotopic (exact) mass is 326 g/mol. The van der Waals surface area contributed by atoms with Gasteiger partial charge in [-0.1, -0.05) is 17.8 Å². The highest BCUT2D eigenvalue weighted by Gasteiger charge is 2.21. The van der Waals surface area contributed by atoms with Crippen LogP contribution in [0.25, 0.3) is 0 Å². The molecule has 0 aliphatic carbocycles. The molecular weight excluding hydrogens is 308 g/mol. The Morgan fingerprint density at radius 3 is 2.70 bits per heavy atom. The van der Waals surface area contributed by atoms with Gasteiger partial charge >= 0.3 is 0 Å². The van der Waals surface area contributed by atoms with Gasteiger partial charge < -0.3 is 4.90 Å². The quantitative estimate of drug-likeness (QED) is 0.626. The molecule has 0 aromatic carbocycles. The summed E-state index contributed by atoms with van der Waals surface area (Å²) in [5.41, 5.74) is 1.63. The predicted molar refractivity (Wildman–Crippen MR) is 90.3 cm³/mol. The Balaban J connectivity index is 1.66. The van der Waals surface area contributed by atoms with E-state index in [1.54, 1.807) is 6.20 Å². The molecule has 0 radical (unpaired) electrons. The van der Waals surface area contributed by atoms with Crippen LogP contribution < -0.4 is 4.90 Å². The second-order valence-corrected chi connectivity index (χ2v) is 6.06. The molecule has 6 nitrogen and oxygen atoms in total. The van der Waals surface area contributed by atoms with Crippen molar-refractivity contribution in [2.45, 2.75) is 11.7 Å². The number of hydrogen-bond acceptors (Lipinski definition) is 7. The van der Waals surface area contributed by atoms with Crippen LogP contribution >= 0.6 is 11.8 Å². The normalized spacial score (nSPS) is 15.4. The van der Waals surface area contributed by atoms with E-state index in [-0.39, 0.29) is 0 Å². The molecule has 0 amide bonds. The fourth-order valence-electron chi connectivity index (χ4n) is 2.61. The van der Waals surface area contributed by atoms with Crippen molar-refractivity contribution in [3.8, 4) is 6.07 Å². The number of aromatic nitrogens is 3. The number of rotatable bonds is 4. The Labute approximate surface area is 140 Å². The van der Waals surface area contributed by atoms with Crippen LogP contribution in [0.4, 0.5) is 5.82 Å². The van der Waals surface area contributed by atoms with E-state index in [0.717, 1.165) is 44.2 Å². The molecule has 0 bridgehead atoms. The molecule has 1 aliphatic heterocycles. The van der Waals surface area contributed by atoms with Crippen LogP contribution in [-0.4, -0.2) is 52.3 Å². The summed E-state index contributed by atoms with van der Waals surface area (Å²) in [6.07, 6.45) is 5.39. The van der Waals surface area contributed by atoms with Crippen molar-refractivity contribution in [2.75, 3.05) is 37.3 Å². The number of pyridine rings is 1. The maximum absolute atomic E-state index is 9.28. The van der Waals surface area contributed by atoms with Gasteiger partial charge in [-0.05, 0) is 18.4 Å². The smallest absolute Gasteiger partial charge is 0.189 e. The Morgan fingerprint density at radius 2 is 2.04 bits per heavy atom. The van der Waals surface area contributed by atoms with Gasteiger partial charge in [-0.2, -0.15) is 5.26 Å². The lowest BCUT2D eigenvalue weighted by Crippen LogP contribution is -2.46. The van der Waals surface area contributed by atoms with E-state index in [0.29, 0.717) is 10.7 Å². The fraction of sp³-hybridized carbons (Fsp3) is 0.375. The van der Waals surface area contributed by atoms with Gasteiger partial charge in [0.25, 0.3) is 0 Å². The molecule has 0 N–H and O–H groups in total. The molecule has 1 saturated heterocycles. The number of hydrogen-bond donors (Lipinski definition) is 0. The van der Waals surface area contributed by atoms with Crippen LogP contribution in [0.15, 0.2) is 35.7 Å². The van der Waals surface area contributed by atoms with E-state index in [2.05, 4.69) is 36.9 Å². The van der Waals surface area contributed by atoms with Gasteiger partial charge in [-0.3, -0.25) is 9.88 Å². The largest absolute Gasteiger partial charge is 0.353 e. The zero-order chi connectivity index (χ0) is 16.1. The fourth-order valence-corrected chi connectivity index (χ4v) is 2.95. The average Bonchev–Trinajstić information content (AvgIpc) is 2.62. The molecule has 118 valence electrons. The van der Waals surface area contributed by atoms with Crippen LogP contribution in [0.2, 0.25) is 0 Å². The second kappa shape index (κ2) is 7.40. The van der Waals surface area contributed by atoms with Gasteiger partial charge in [0.2, 0.25) is 0 Å². The molecule has 3 heterocycles. The van der Waals surface area contributed by atoms with Crippen molar-refractivity contribution in [3.63, 3.8) is 0 Å². The summed E-state index contributed by atoms with van der Waals surface area (Å²) in [6.45, 7) is 4.43. The number of nitrogens with zero attached hydrogens (tertiary/aromatic N) is 6. The van der Waals surface area contributed by atoms with Gasteiger partial charge in [0.1, 0.15) is 11.6 Å². The molecule has 3 rings (SSSR count). The molecule has 2 aromatic heterocycles. The molecule has 2 aromatic rings. The summed E-state index contributed by atoms with van der Waals surface area (Å²) in [5, 5.41) is 9.98. The van der Waals surface area contributed by atoms with Gasteiger partial charge in [-0.25, -0.2) is 9.97 Å². The van der Waals surface area contributed by atoms with Crippen molar-refractivity contribution in [3.05, 3.63) is 41.9 Å². The highest BCUT2D eigenvalue weighted by Crippen LogP contribution is 2.21. The van der Waals surface area contributed by atoms with E-state index in [9.17, 15) is 5.26 Å². The van der Waals surface area contributed by atoms with E-state index in [1.807, 2.05) is 24.6 Å². The third kappa shape index (κ3) is 3.78. The van der Waals surface area contributed by atoms with Crippen molar-refractivity contribution in [2.24, 2.45) is 0 Å². The second-order valence-electron chi connectivity index (χ2n) is 5.29. The van der Waals surface area contributed by atoms with Crippen LogP contribution in [0.5, 0.6) is 0 Å². The Kier molecular flexibility index (Phi) is 5.05. The molecule has 1 fully saturated rings. The highest BCUT2D eigenvalue weighted by molar-refractivity contribution is 7.98. The summed E-state index contributed by atoms with van der Waals surface area (Å²) < 4.78 is 0. The molecule has 0 unspecified atom stereocenters. The first-order valence-corrected chi connectivity index (χ1v) is 8.71. The van der Waals surface area contributed by atoms with Crippen LogP contribution in [0, 0.1) is 11.3 Å². The number of anilines is 1. The topological polar surface area (TPSA) is 68.9 Å². The molecule has 0 atom stereocenters. The maximum Gasteiger partial charge on any atom is 0.189 e. The third-order valence-electron chi connectivity index (χ3n) is 3.83. The minimum absolute atomic E-state index is 0.543. The van der Waals surface area contributed by atoms with Gasteiger partial charge in [0.05, 0.1) is 11.9 Å². The molecular formula is C16H18N6S. The molecule has 1 aliphatic rings. The SMILES string of the molecule is CSc1ncc(C#N)c(N2CCN(Cc3ccccn3)CC2)n1. The van der Waals surface area contributed by atoms with E-state index >= 15 is 0 Å². The van der Waals surface area contributed by atoms with E-state index in [1.165, 1.54) is 11.8 Å². The standard InChI is InChI=1S/C16H18N6S/c1-23-16-19-11-13(10-17)15(20-16)22-8-6-21(7-9-22)12-14-4-2-3-5-18-14/h2-5,11H,6-9,12H2,1H3. The van der Waals surface area contributed by atoms with E-state index in [4.69, 9.17) is 0 Å². The minimum Gasteiger partial charge on any atom is -0.353 e. The zero-order valence-electron chi connectivity index (χ0n) is 13.0. The summed E-state index contributed by atoms with van der Waals surface area (Å²) in [6, 6.07) is 8.20. The van der Waals surface area contributed by atoms with Crippen molar-refractivity contribution < 1.29 is 0 Å². The van der Waals surface area contributed by atoms with Crippen LogP contribution in [-0.2, 0) is 6.54 Å². The minimum atomic E-state index is 0.543. The van der Waals surface area contributed by atoms with Crippen LogP contribution in [0.3, 0.4) is 0 Å². The summed E-state index contributed by atoms with van der Waals surface area (Å²) >= 11 is 1.49. The first kappa shape index (κ1) is 15.7. The lowest BCUT2D eigenvalue weighted by molar-refractivity contribution is 0.246. The lowest BCUT2D eigenvalue weighted by Gasteiger charge is -2.35. The zero-order valence-corrected chi connectivity index (χ0v) is 13.8. The van der Waals surface area contributed by atoms with Gasteiger partial charge in [-0.15, -0.1) is 0 Å². The molecule has 0 saturated carbocycles. The number of thioether (sulfide) groups is 1. The third-order valence-corrected chi connectivity index (χ3v) is 4.39. The van der Waals surface area contributed by atoms with Gasteiger partial charge in [0, 0.05) is 38.9 Å². The molecule has 7 heteroatoms. The molecule has 23 heavy (non-hydrogen) atoms. The first-order chi connectivity index (χ1) is 11.3. The Hall–Kier alpha value is -2.17. The highest BCUT2D eigenvalue weighted by atomic mass is 32.2. The van der Waals surface area contributed by atoms with Crippen LogP contribution in [0.1, 0.15) is 11.3 Å². The van der Waals surface area contributed by atoms with E-state index < -0.39 is 0 Å². The Morgan fingerprint density at radius 1 is 1.22 bits per heavy atom. The first-order valence-electron chi connectivity index (χ1n) is 7.48. The Bertz CT molecular complexity index is 691. The van der Waals surface area contributed by atoms with Crippen molar-refractivity contribution in [1.29, 1.82) is 5.26 Å². The summed E-state index contributed by atoms with van der Waals surface area (Å²) in [4.78, 5) is 17.6. The summed E-state index contributed by atoms with van der Waals surface area (Å²) in [5.74, 6) is 0.754. The van der Waals surface area contributed by atoms with Crippen molar-refractivity contribution in [1.82, 2.24) is 19.9 Å². The summed E-state index contributed by atoms with van der Waals surface area (Å²) in [7, 11) is 0. The maximum atomic E-state index is 9.28. The van der Waals surface area contributed by atoms with Crippen molar-refractivity contribution >= 4 is 17.6 Å². The van der Waals surface area contributed by atoms with Gasteiger partial charge in [0.15, 0.2) is 11.0 Å². The average molecular weight is 326 g/mol. The predicted octanol–water partition coefficient (Wildman–Crippen LogP) is 1.79. The number of nitriles is 1. The molecule has 0 spiro atoms.